The van der Waals surface area contributed by atoms with Crippen molar-refractivity contribution < 1.29 is 8.42 Å². The Kier molecular flexibility index (Phi) is 8.77. The van der Waals surface area contributed by atoms with Crippen LogP contribution in [-0.4, -0.2) is 57.3 Å². The van der Waals surface area contributed by atoms with Crippen molar-refractivity contribution in [1.82, 2.24) is 13.9 Å². The minimum atomic E-state index is -3.27. The third-order valence-electron chi connectivity index (χ3n) is 2.57. The van der Waals surface area contributed by atoms with Gasteiger partial charge < -0.3 is 5.32 Å². The van der Waals surface area contributed by atoms with Crippen LogP contribution in [0, 0.1) is 0 Å². The van der Waals surface area contributed by atoms with E-state index < -0.39 is 10.2 Å². The number of hydrogen-bond donors (Lipinski definition) is 1. The van der Waals surface area contributed by atoms with Crippen molar-refractivity contribution in [3.05, 3.63) is 0 Å². The minimum Gasteiger partial charge on any atom is -0.320 e. The minimum absolute atomic E-state index is 0.563. The van der Waals surface area contributed by atoms with E-state index in [1.807, 2.05) is 20.9 Å². The number of hydrogen-bond acceptors (Lipinski definition) is 3. The highest BCUT2D eigenvalue weighted by molar-refractivity contribution is 7.86. The first kappa shape index (κ1) is 16.8. The Bertz CT molecular complexity index is 274. The summed E-state index contributed by atoms with van der Waals surface area (Å²) in [5, 5.41) is 3.02. The molecule has 0 saturated carbocycles. The maximum absolute atomic E-state index is 12.2. The molecule has 0 atom stereocenters. The topological polar surface area (TPSA) is 52.7 Å². The first-order valence-corrected chi connectivity index (χ1v) is 7.76. The van der Waals surface area contributed by atoms with Gasteiger partial charge in [0.15, 0.2) is 0 Å². The van der Waals surface area contributed by atoms with Gasteiger partial charge >= 0.3 is 0 Å². The molecule has 0 rings (SSSR count). The summed E-state index contributed by atoms with van der Waals surface area (Å²) in [4.78, 5) is 0. The fourth-order valence-electron chi connectivity index (χ4n) is 1.63. The van der Waals surface area contributed by atoms with Crippen molar-refractivity contribution in [3.8, 4) is 0 Å². The van der Waals surface area contributed by atoms with Crippen molar-refractivity contribution in [2.45, 2.75) is 33.1 Å². The lowest BCUT2D eigenvalue weighted by Gasteiger charge is -2.27. The lowest BCUT2D eigenvalue weighted by molar-refractivity contribution is 0.355. The monoisotopic (exact) mass is 265 g/mol. The van der Waals surface area contributed by atoms with Gasteiger partial charge in [0.2, 0.25) is 0 Å². The molecular formula is C11H27N3O2S. The van der Waals surface area contributed by atoms with E-state index in [0.29, 0.717) is 19.6 Å². The first-order chi connectivity index (χ1) is 8.00. The van der Waals surface area contributed by atoms with Crippen LogP contribution in [0.15, 0.2) is 0 Å². The van der Waals surface area contributed by atoms with Gasteiger partial charge in [0.1, 0.15) is 0 Å². The van der Waals surface area contributed by atoms with E-state index in [2.05, 4.69) is 5.32 Å². The molecule has 0 unspecified atom stereocenters. The van der Waals surface area contributed by atoms with Crippen LogP contribution in [0.3, 0.4) is 0 Å². The molecule has 0 aliphatic rings. The summed E-state index contributed by atoms with van der Waals surface area (Å²) < 4.78 is 27.5. The zero-order valence-corrected chi connectivity index (χ0v) is 12.4. The average molecular weight is 265 g/mol. The largest absolute Gasteiger partial charge is 0.320 e. The van der Waals surface area contributed by atoms with Gasteiger partial charge in [-0.25, -0.2) is 0 Å². The lowest BCUT2D eigenvalue weighted by atomic mass is 10.4. The van der Waals surface area contributed by atoms with Crippen molar-refractivity contribution in [1.29, 1.82) is 0 Å². The fourth-order valence-corrected chi connectivity index (χ4v) is 3.21. The second-order valence-electron chi connectivity index (χ2n) is 4.19. The summed E-state index contributed by atoms with van der Waals surface area (Å²) in [7, 11) is 0.259. The second-order valence-corrected chi connectivity index (χ2v) is 6.22. The highest BCUT2D eigenvalue weighted by Crippen LogP contribution is 2.08. The van der Waals surface area contributed by atoms with Crippen molar-refractivity contribution >= 4 is 10.2 Å². The predicted molar refractivity (Wildman–Crippen MR) is 72.2 cm³/mol. The van der Waals surface area contributed by atoms with Crippen LogP contribution < -0.4 is 5.32 Å². The van der Waals surface area contributed by atoms with Gasteiger partial charge in [0, 0.05) is 26.7 Å². The Hall–Kier alpha value is -0.170. The van der Waals surface area contributed by atoms with E-state index in [1.54, 1.807) is 11.4 Å². The van der Waals surface area contributed by atoms with E-state index in [0.717, 1.165) is 25.8 Å². The number of nitrogens with zero attached hydrogens (tertiary/aromatic N) is 2. The maximum atomic E-state index is 12.2. The van der Waals surface area contributed by atoms with E-state index in [-0.39, 0.29) is 0 Å². The van der Waals surface area contributed by atoms with E-state index in [4.69, 9.17) is 0 Å². The Balaban J connectivity index is 4.47. The third kappa shape index (κ3) is 5.81. The van der Waals surface area contributed by atoms with Crippen molar-refractivity contribution in [2.24, 2.45) is 0 Å². The van der Waals surface area contributed by atoms with Gasteiger partial charge in [-0.3, -0.25) is 0 Å². The molecule has 0 bridgehead atoms. The molecule has 17 heavy (non-hydrogen) atoms. The Labute approximate surface area is 106 Å². The molecule has 0 spiro atoms. The standard InChI is InChI=1S/C11H27N3O2S/c1-5-9-14(10-6-2)17(15,16)13(4)11-7-8-12-3/h12H,5-11H2,1-4H3. The van der Waals surface area contributed by atoms with Crippen LogP contribution in [0.25, 0.3) is 0 Å². The molecule has 0 fully saturated rings. The molecule has 104 valence electrons. The zero-order chi connectivity index (χ0) is 13.3. The van der Waals surface area contributed by atoms with Gasteiger partial charge in [-0.15, -0.1) is 0 Å². The third-order valence-corrected chi connectivity index (χ3v) is 4.55. The number of nitrogens with one attached hydrogen (secondary N) is 1. The molecule has 0 amide bonds. The summed E-state index contributed by atoms with van der Waals surface area (Å²) in [5.74, 6) is 0. The van der Waals surface area contributed by atoms with Gasteiger partial charge in [0.05, 0.1) is 0 Å². The summed E-state index contributed by atoms with van der Waals surface area (Å²) in [6, 6.07) is 0. The van der Waals surface area contributed by atoms with Crippen LogP contribution in [0.1, 0.15) is 33.1 Å². The molecule has 0 aromatic carbocycles. The van der Waals surface area contributed by atoms with Crippen LogP contribution in [0.4, 0.5) is 0 Å². The molecule has 0 aromatic rings. The fraction of sp³-hybridized carbons (Fsp3) is 1.00. The Morgan fingerprint density at radius 1 is 1.06 bits per heavy atom. The molecule has 0 heterocycles. The van der Waals surface area contributed by atoms with Gasteiger partial charge in [-0.1, -0.05) is 13.8 Å². The first-order valence-electron chi connectivity index (χ1n) is 6.36. The highest BCUT2D eigenvalue weighted by Gasteiger charge is 2.24. The van der Waals surface area contributed by atoms with Crippen LogP contribution in [0.2, 0.25) is 0 Å². The maximum Gasteiger partial charge on any atom is 0.281 e. The van der Waals surface area contributed by atoms with Gasteiger partial charge in [-0.2, -0.15) is 17.0 Å². The average Bonchev–Trinajstić information content (AvgIpc) is 2.29. The molecule has 5 nitrogen and oxygen atoms in total. The van der Waals surface area contributed by atoms with Gasteiger partial charge in [-0.05, 0) is 32.9 Å². The van der Waals surface area contributed by atoms with E-state index in [9.17, 15) is 8.42 Å². The molecule has 6 heteroatoms. The van der Waals surface area contributed by atoms with Crippen LogP contribution >= 0.6 is 0 Å². The van der Waals surface area contributed by atoms with E-state index in [1.165, 1.54) is 4.31 Å². The lowest BCUT2D eigenvalue weighted by Crippen LogP contribution is -2.43. The predicted octanol–water partition coefficient (Wildman–Crippen LogP) is 0.895. The molecular weight excluding hydrogens is 238 g/mol. The quantitative estimate of drug-likeness (QED) is 0.597. The van der Waals surface area contributed by atoms with Gasteiger partial charge in [0.25, 0.3) is 10.2 Å². The zero-order valence-electron chi connectivity index (χ0n) is 11.6. The van der Waals surface area contributed by atoms with Crippen LogP contribution in [0.5, 0.6) is 0 Å². The summed E-state index contributed by atoms with van der Waals surface area (Å²) in [6.07, 6.45) is 2.53. The summed E-state index contributed by atoms with van der Waals surface area (Å²) in [5.41, 5.74) is 0. The molecule has 0 saturated heterocycles. The highest BCUT2D eigenvalue weighted by atomic mass is 32.2. The van der Waals surface area contributed by atoms with Crippen molar-refractivity contribution in [2.75, 3.05) is 40.3 Å². The summed E-state index contributed by atoms with van der Waals surface area (Å²) >= 11 is 0. The molecule has 0 aliphatic heterocycles. The normalized spacial score (nSPS) is 12.6. The molecule has 0 radical (unpaired) electrons. The molecule has 0 aliphatic carbocycles. The van der Waals surface area contributed by atoms with Crippen LogP contribution in [-0.2, 0) is 10.2 Å². The summed E-state index contributed by atoms with van der Waals surface area (Å²) in [6.45, 7) is 6.60. The van der Waals surface area contributed by atoms with Crippen molar-refractivity contribution in [3.63, 3.8) is 0 Å². The Morgan fingerprint density at radius 2 is 1.59 bits per heavy atom. The molecule has 1 N–H and O–H groups in total. The second kappa shape index (κ2) is 8.85. The molecule has 0 aromatic heterocycles. The van der Waals surface area contributed by atoms with E-state index >= 15 is 0 Å². The SMILES string of the molecule is CCCN(CCC)S(=O)(=O)N(C)CCCNC. The number of rotatable bonds is 10. The smallest absolute Gasteiger partial charge is 0.281 e. The Morgan fingerprint density at radius 3 is 2.00 bits per heavy atom.